The van der Waals surface area contributed by atoms with E-state index < -0.39 is 23.8 Å². The first-order valence-electron chi connectivity index (χ1n) is 7.44. The van der Waals surface area contributed by atoms with E-state index in [4.69, 9.17) is 4.74 Å². The van der Waals surface area contributed by atoms with Crippen molar-refractivity contribution in [2.75, 3.05) is 6.54 Å². The van der Waals surface area contributed by atoms with Gasteiger partial charge in [-0.1, -0.05) is 12.1 Å². The van der Waals surface area contributed by atoms with Gasteiger partial charge in [-0.05, 0) is 55.3 Å². The fourth-order valence-corrected chi connectivity index (χ4v) is 1.99. The molecule has 0 aliphatic heterocycles. The number of benzene rings is 2. The fraction of sp³-hybridized carbons (Fsp3) is 0.222. The first kappa shape index (κ1) is 17.6. The Morgan fingerprint density at radius 1 is 1.00 bits per heavy atom. The van der Waals surface area contributed by atoms with Crippen LogP contribution in [0.3, 0.4) is 0 Å². The van der Waals surface area contributed by atoms with Gasteiger partial charge in [-0.15, -0.1) is 0 Å². The summed E-state index contributed by atoms with van der Waals surface area (Å²) in [6.07, 6.45) is -0.444. The van der Waals surface area contributed by atoms with Crippen molar-refractivity contribution in [1.82, 2.24) is 5.32 Å². The van der Waals surface area contributed by atoms with Gasteiger partial charge in [0.1, 0.15) is 11.6 Å². The lowest BCUT2D eigenvalue weighted by molar-refractivity contribution is -0.129. The minimum absolute atomic E-state index is 0.169. The van der Waals surface area contributed by atoms with Gasteiger partial charge in [0.25, 0.3) is 5.91 Å². The highest BCUT2D eigenvalue weighted by atomic mass is 19.1. The van der Waals surface area contributed by atoms with Crippen molar-refractivity contribution < 1.29 is 23.1 Å². The molecule has 1 amide bonds. The highest BCUT2D eigenvalue weighted by Gasteiger charge is 2.18. The predicted molar refractivity (Wildman–Crippen MR) is 84.4 cm³/mol. The van der Waals surface area contributed by atoms with Crippen molar-refractivity contribution in [2.45, 2.75) is 19.4 Å². The molecule has 0 saturated carbocycles. The first-order chi connectivity index (χ1) is 11.5. The van der Waals surface area contributed by atoms with Crippen molar-refractivity contribution in [3.05, 3.63) is 71.3 Å². The molecule has 126 valence electrons. The van der Waals surface area contributed by atoms with E-state index in [1.165, 1.54) is 31.2 Å². The second-order valence-electron chi connectivity index (χ2n) is 5.22. The van der Waals surface area contributed by atoms with Gasteiger partial charge in [-0.25, -0.2) is 13.6 Å². The number of halogens is 2. The molecule has 24 heavy (non-hydrogen) atoms. The van der Waals surface area contributed by atoms with Crippen LogP contribution in [0.1, 0.15) is 22.8 Å². The highest BCUT2D eigenvalue weighted by Crippen LogP contribution is 2.07. The number of hydrogen-bond donors (Lipinski definition) is 1. The van der Waals surface area contributed by atoms with E-state index >= 15 is 0 Å². The standard InChI is InChI=1S/C18H17F2NO3/c1-12(24-18(23)14-4-8-16(20)9-5-14)17(22)21-11-10-13-2-6-15(19)7-3-13/h2-9,12H,10-11H2,1H3,(H,21,22)/t12-/m0/s1. The molecule has 0 aliphatic rings. The van der Waals surface area contributed by atoms with Gasteiger partial charge < -0.3 is 10.1 Å². The summed E-state index contributed by atoms with van der Waals surface area (Å²) in [7, 11) is 0. The number of nitrogens with one attached hydrogen (secondary N) is 1. The van der Waals surface area contributed by atoms with Crippen LogP contribution in [0.5, 0.6) is 0 Å². The smallest absolute Gasteiger partial charge is 0.338 e. The zero-order chi connectivity index (χ0) is 17.5. The zero-order valence-corrected chi connectivity index (χ0v) is 13.1. The summed E-state index contributed by atoms with van der Waals surface area (Å²) in [6, 6.07) is 10.8. The molecule has 1 N–H and O–H groups in total. The average Bonchev–Trinajstić information content (AvgIpc) is 2.57. The summed E-state index contributed by atoms with van der Waals surface area (Å²) in [4.78, 5) is 23.7. The predicted octanol–water partition coefficient (Wildman–Crippen LogP) is 2.87. The molecule has 0 aromatic heterocycles. The molecule has 0 aliphatic carbocycles. The Morgan fingerprint density at radius 2 is 1.54 bits per heavy atom. The van der Waals surface area contributed by atoms with Gasteiger partial charge in [0.2, 0.25) is 0 Å². The van der Waals surface area contributed by atoms with E-state index in [-0.39, 0.29) is 11.4 Å². The van der Waals surface area contributed by atoms with Crippen molar-refractivity contribution in [3.63, 3.8) is 0 Å². The van der Waals surface area contributed by atoms with Gasteiger partial charge in [-0.2, -0.15) is 0 Å². The molecule has 0 unspecified atom stereocenters. The molecule has 6 heteroatoms. The molecular formula is C18H17F2NO3. The van der Waals surface area contributed by atoms with E-state index in [2.05, 4.69) is 5.32 Å². The SMILES string of the molecule is C[C@H](OC(=O)c1ccc(F)cc1)C(=O)NCCc1ccc(F)cc1. The molecule has 2 aromatic rings. The number of esters is 1. The van der Waals surface area contributed by atoms with Gasteiger partial charge in [0, 0.05) is 6.54 Å². The second-order valence-corrected chi connectivity index (χ2v) is 5.22. The third-order valence-corrected chi connectivity index (χ3v) is 3.36. The number of amides is 1. The molecule has 0 radical (unpaired) electrons. The topological polar surface area (TPSA) is 55.4 Å². The summed E-state index contributed by atoms with van der Waals surface area (Å²) >= 11 is 0. The number of hydrogen-bond acceptors (Lipinski definition) is 3. The lowest BCUT2D eigenvalue weighted by Crippen LogP contribution is -2.36. The van der Waals surface area contributed by atoms with E-state index in [0.717, 1.165) is 17.7 Å². The molecule has 1 atom stereocenters. The third kappa shape index (κ3) is 5.15. The molecule has 0 bridgehead atoms. The minimum Gasteiger partial charge on any atom is -0.449 e. The van der Waals surface area contributed by atoms with Gasteiger partial charge in [0.15, 0.2) is 6.10 Å². The molecule has 0 spiro atoms. The van der Waals surface area contributed by atoms with Crippen molar-refractivity contribution in [2.24, 2.45) is 0 Å². The van der Waals surface area contributed by atoms with Crippen LogP contribution in [-0.4, -0.2) is 24.5 Å². The summed E-state index contributed by atoms with van der Waals surface area (Å²) in [5.74, 6) is -1.91. The second kappa shape index (κ2) is 8.19. The summed E-state index contributed by atoms with van der Waals surface area (Å²) in [5.41, 5.74) is 1.05. The van der Waals surface area contributed by atoms with Crippen molar-refractivity contribution in [1.29, 1.82) is 0 Å². The Morgan fingerprint density at radius 3 is 2.12 bits per heavy atom. The molecule has 2 rings (SSSR count). The zero-order valence-electron chi connectivity index (χ0n) is 13.1. The number of ether oxygens (including phenoxy) is 1. The van der Waals surface area contributed by atoms with Crippen LogP contribution >= 0.6 is 0 Å². The fourth-order valence-electron chi connectivity index (χ4n) is 1.99. The quantitative estimate of drug-likeness (QED) is 0.827. The van der Waals surface area contributed by atoms with Gasteiger partial charge in [0.05, 0.1) is 5.56 Å². The number of carbonyl (C=O) groups excluding carboxylic acids is 2. The summed E-state index contributed by atoms with van der Waals surface area (Å²) < 4.78 is 30.6. The van der Waals surface area contributed by atoms with Crippen molar-refractivity contribution >= 4 is 11.9 Å². The lowest BCUT2D eigenvalue weighted by Gasteiger charge is -2.13. The van der Waals surface area contributed by atoms with Crippen LogP contribution in [0.4, 0.5) is 8.78 Å². The number of rotatable bonds is 6. The maximum atomic E-state index is 12.8. The van der Waals surface area contributed by atoms with Gasteiger partial charge in [-0.3, -0.25) is 4.79 Å². The summed E-state index contributed by atoms with van der Waals surface area (Å²) in [5, 5.41) is 2.64. The van der Waals surface area contributed by atoms with E-state index in [0.29, 0.717) is 13.0 Å². The Kier molecular flexibility index (Phi) is 6.01. The molecular weight excluding hydrogens is 316 g/mol. The minimum atomic E-state index is -0.976. The van der Waals surface area contributed by atoms with Crippen LogP contribution in [0.25, 0.3) is 0 Å². The van der Waals surface area contributed by atoms with Crippen LogP contribution in [-0.2, 0) is 16.0 Å². The molecule has 4 nitrogen and oxygen atoms in total. The van der Waals surface area contributed by atoms with Crippen LogP contribution in [0.15, 0.2) is 48.5 Å². The Hall–Kier alpha value is -2.76. The first-order valence-corrected chi connectivity index (χ1v) is 7.44. The maximum absolute atomic E-state index is 12.8. The Bertz CT molecular complexity index is 699. The lowest BCUT2D eigenvalue weighted by atomic mass is 10.1. The normalized spacial score (nSPS) is 11.6. The Balaban J connectivity index is 1.78. The molecule has 0 fully saturated rings. The van der Waals surface area contributed by atoms with E-state index in [1.54, 1.807) is 12.1 Å². The monoisotopic (exact) mass is 333 g/mol. The van der Waals surface area contributed by atoms with Crippen LogP contribution < -0.4 is 5.32 Å². The third-order valence-electron chi connectivity index (χ3n) is 3.36. The average molecular weight is 333 g/mol. The summed E-state index contributed by atoms with van der Waals surface area (Å²) in [6.45, 7) is 1.79. The molecule has 0 heterocycles. The maximum Gasteiger partial charge on any atom is 0.338 e. The van der Waals surface area contributed by atoms with Crippen molar-refractivity contribution in [3.8, 4) is 0 Å². The van der Waals surface area contributed by atoms with E-state index in [9.17, 15) is 18.4 Å². The Labute approximate surface area is 138 Å². The van der Waals surface area contributed by atoms with Crippen LogP contribution in [0.2, 0.25) is 0 Å². The van der Waals surface area contributed by atoms with E-state index in [1.807, 2.05) is 0 Å². The van der Waals surface area contributed by atoms with Gasteiger partial charge >= 0.3 is 5.97 Å². The molecule has 2 aromatic carbocycles. The van der Waals surface area contributed by atoms with Crippen LogP contribution in [0, 0.1) is 11.6 Å². The molecule has 0 saturated heterocycles. The number of carbonyl (C=O) groups is 2. The highest BCUT2D eigenvalue weighted by molar-refractivity contribution is 5.92. The largest absolute Gasteiger partial charge is 0.449 e.